The summed E-state index contributed by atoms with van der Waals surface area (Å²) in [6, 6.07) is 0. The molecule has 0 amide bonds. The van der Waals surface area contributed by atoms with Crippen LogP contribution in [0.3, 0.4) is 0 Å². The average Bonchev–Trinajstić information content (AvgIpc) is 2.71. The molecule has 0 saturated heterocycles. The summed E-state index contributed by atoms with van der Waals surface area (Å²) in [5.41, 5.74) is 0. The van der Waals surface area contributed by atoms with Crippen molar-refractivity contribution in [1.82, 2.24) is 9.97 Å². The zero-order valence-electron chi connectivity index (χ0n) is 10.2. The molecule has 4 atom stereocenters. The molecule has 1 unspecified atom stereocenters. The minimum atomic E-state index is -2.89. The van der Waals surface area contributed by atoms with Crippen molar-refractivity contribution >= 4 is 8.25 Å². The maximum absolute atomic E-state index is 10.8. The molecule has 1 fully saturated rings. The van der Waals surface area contributed by atoms with E-state index in [1.165, 1.54) is 0 Å². The van der Waals surface area contributed by atoms with E-state index in [0.717, 1.165) is 12.8 Å². The quantitative estimate of drug-likeness (QED) is 0.823. The fraction of sp³-hybridized carbons (Fsp3) is 0.636. The summed E-state index contributed by atoms with van der Waals surface area (Å²) in [6.45, 7) is 2.04. The second kappa shape index (κ2) is 6.27. The van der Waals surface area contributed by atoms with Gasteiger partial charge in [-0.1, -0.05) is 13.3 Å². The summed E-state index contributed by atoms with van der Waals surface area (Å²) in [5.74, 6) is 0.738. The van der Waals surface area contributed by atoms with Crippen molar-refractivity contribution in [2.75, 3.05) is 0 Å². The fourth-order valence-corrected chi connectivity index (χ4v) is 2.90. The highest BCUT2D eigenvalue weighted by molar-refractivity contribution is 7.32. The van der Waals surface area contributed by atoms with Gasteiger partial charge in [0.15, 0.2) is 0 Å². The normalized spacial score (nSPS) is 29.1. The summed E-state index contributed by atoms with van der Waals surface area (Å²) >= 11 is 0. The lowest BCUT2D eigenvalue weighted by Crippen LogP contribution is -2.15. The maximum atomic E-state index is 10.8. The summed E-state index contributed by atoms with van der Waals surface area (Å²) in [4.78, 5) is 16.8. The van der Waals surface area contributed by atoms with Crippen molar-refractivity contribution in [3.8, 4) is 5.88 Å². The summed E-state index contributed by atoms with van der Waals surface area (Å²) in [7, 11) is -2.89. The van der Waals surface area contributed by atoms with Gasteiger partial charge in [0.25, 0.3) is 0 Å². The smallest absolute Gasteiger partial charge is 0.316 e. The van der Waals surface area contributed by atoms with Crippen LogP contribution in [0.5, 0.6) is 5.88 Å². The Balaban J connectivity index is 1.94. The van der Waals surface area contributed by atoms with E-state index in [0.29, 0.717) is 12.3 Å². The first kappa shape index (κ1) is 13.5. The highest BCUT2D eigenvalue weighted by Crippen LogP contribution is 2.37. The molecule has 0 aromatic carbocycles. The molecule has 1 aliphatic carbocycles. The van der Waals surface area contributed by atoms with Crippen LogP contribution in [-0.2, 0) is 9.09 Å². The number of hydrogen-bond acceptors (Lipinski definition) is 5. The van der Waals surface area contributed by atoms with E-state index in [1.807, 2.05) is 6.92 Å². The maximum Gasteiger partial charge on any atom is 0.316 e. The van der Waals surface area contributed by atoms with E-state index < -0.39 is 8.25 Å². The molecule has 0 bridgehead atoms. The van der Waals surface area contributed by atoms with Gasteiger partial charge in [-0.05, 0) is 12.3 Å². The molecule has 0 radical (unpaired) electrons. The van der Waals surface area contributed by atoms with Crippen LogP contribution < -0.4 is 4.74 Å². The lowest BCUT2D eigenvalue weighted by molar-refractivity contribution is 0.138. The van der Waals surface area contributed by atoms with Crippen LogP contribution in [0, 0.1) is 5.92 Å². The minimum absolute atomic E-state index is 0.0296. The Morgan fingerprint density at radius 2 is 2.33 bits per heavy atom. The van der Waals surface area contributed by atoms with Gasteiger partial charge < -0.3 is 14.2 Å². The molecule has 6 nitrogen and oxygen atoms in total. The topological polar surface area (TPSA) is 81.5 Å². The van der Waals surface area contributed by atoms with Crippen LogP contribution in [0.1, 0.15) is 26.2 Å². The van der Waals surface area contributed by atoms with E-state index in [4.69, 9.17) is 14.2 Å². The Hall–Kier alpha value is -0.970. The minimum Gasteiger partial charge on any atom is -0.473 e. The molecule has 0 aliphatic heterocycles. The molecule has 18 heavy (non-hydrogen) atoms. The first-order valence-electron chi connectivity index (χ1n) is 6.01. The van der Waals surface area contributed by atoms with Gasteiger partial charge in [0, 0.05) is 18.8 Å². The van der Waals surface area contributed by atoms with Crippen LogP contribution in [0.15, 0.2) is 18.6 Å². The van der Waals surface area contributed by atoms with Gasteiger partial charge >= 0.3 is 8.25 Å². The number of aromatic nitrogens is 2. The standard InChI is InChI=1S/C11H17N2O4P/c1-2-8-5-9(6-10(8)17-18(14)15)16-11-7-12-3-4-13-11/h3-4,7-10,18H,2,5-6H2,1H3,(H,14,15)/t8-,9+,10-/m0/s1. The third-order valence-corrected chi connectivity index (χ3v) is 3.69. The molecular weight excluding hydrogens is 255 g/mol. The van der Waals surface area contributed by atoms with Crippen molar-refractivity contribution in [3.63, 3.8) is 0 Å². The molecule has 0 spiro atoms. The molecular formula is C11H17N2O4P. The zero-order chi connectivity index (χ0) is 13.0. The Morgan fingerprint density at radius 1 is 1.50 bits per heavy atom. The highest BCUT2D eigenvalue weighted by atomic mass is 31.1. The third-order valence-electron chi connectivity index (χ3n) is 3.19. The van der Waals surface area contributed by atoms with Crippen LogP contribution in [0.4, 0.5) is 0 Å². The molecule has 1 aliphatic rings. The van der Waals surface area contributed by atoms with Crippen molar-refractivity contribution in [1.29, 1.82) is 0 Å². The van der Waals surface area contributed by atoms with E-state index in [9.17, 15) is 4.57 Å². The van der Waals surface area contributed by atoms with Gasteiger partial charge in [-0.2, -0.15) is 0 Å². The SMILES string of the molecule is CC[C@H]1C[C@@H](Oc2cnccn2)C[C@@H]1O[PH](=O)O. The molecule has 1 aromatic rings. The lowest BCUT2D eigenvalue weighted by atomic mass is 10.0. The van der Waals surface area contributed by atoms with Gasteiger partial charge in [-0.15, -0.1) is 0 Å². The largest absolute Gasteiger partial charge is 0.473 e. The number of rotatable bonds is 5. The predicted octanol–water partition coefficient (Wildman–Crippen LogP) is 1.81. The Kier molecular flexibility index (Phi) is 4.69. The zero-order valence-corrected chi connectivity index (χ0v) is 11.2. The number of nitrogens with zero attached hydrogens (tertiary/aromatic N) is 2. The van der Waals surface area contributed by atoms with Gasteiger partial charge in [-0.25, -0.2) is 4.98 Å². The van der Waals surface area contributed by atoms with E-state index in [1.54, 1.807) is 18.6 Å². The molecule has 100 valence electrons. The fourth-order valence-electron chi connectivity index (χ4n) is 2.35. The molecule has 7 heteroatoms. The van der Waals surface area contributed by atoms with E-state index in [-0.39, 0.29) is 18.1 Å². The van der Waals surface area contributed by atoms with E-state index in [2.05, 4.69) is 9.97 Å². The molecule has 1 saturated carbocycles. The summed E-state index contributed by atoms with van der Waals surface area (Å²) in [5, 5.41) is 0. The summed E-state index contributed by atoms with van der Waals surface area (Å²) in [6.07, 6.45) is 6.82. The highest BCUT2D eigenvalue weighted by Gasteiger charge is 2.36. The van der Waals surface area contributed by atoms with Crippen LogP contribution in [0.2, 0.25) is 0 Å². The van der Waals surface area contributed by atoms with Crippen molar-refractivity contribution in [3.05, 3.63) is 18.6 Å². The monoisotopic (exact) mass is 272 g/mol. The Morgan fingerprint density at radius 3 is 2.94 bits per heavy atom. The summed E-state index contributed by atoms with van der Waals surface area (Å²) < 4.78 is 21.5. The number of ether oxygens (including phenoxy) is 1. The van der Waals surface area contributed by atoms with Crippen molar-refractivity contribution < 1.29 is 18.7 Å². The first-order valence-corrected chi connectivity index (χ1v) is 7.27. The average molecular weight is 272 g/mol. The second-order valence-corrected chi connectivity index (χ2v) is 5.11. The van der Waals surface area contributed by atoms with Gasteiger partial charge in [0.05, 0.1) is 12.3 Å². The van der Waals surface area contributed by atoms with Crippen LogP contribution in [0.25, 0.3) is 0 Å². The molecule has 1 heterocycles. The van der Waals surface area contributed by atoms with E-state index >= 15 is 0 Å². The Bertz CT molecular complexity index is 403. The van der Waals surface area contributed by atoms with Crippen molar-refractivity contribution in [2.24, 2.45) is 5.92 Å². The molecule has 2 rings (SSSR count). The van der Waals surface area contributed by atoms with Gasteiger partial charge in [-0.3, -0.25) is 9.55 Å². The third kappa shape index (κ3) is 3.51. The van der Waals surface area contributed by atoms with Crippen molar-refractivity contribution in [2.45, 2.75) is 38.4 Å². The predicted molar refractivity (Wildman–Crippen MR) is 65.6 cm³/mol. The second-order valence-electron chi connectivity index (χ2n) is 4.35. The lowest BCUT2D eigenvalue weighted by Gasteiger charge is -2.15. The van der Waals surface area contributed by atoms with Crippen LogP contribution in [-0.4, -0.2) is 27.1 Å². The van der Waals surface area contributed by atoms with Crippen LogP contribution >= 0.6 is 8.25 Å². The molecule has 1 aromatic heterocycles. The van der Waals surface area contributed by atoms with Gasteiger partial charge in [0.1, 0.15) is 6.10 Å². The first-order chi connectivity index (χ1) is 8.69. The molecule has 1 N–H and O–H groups in total. The van der Waals surface area contributed by atoms with Gasteiger partial charge in [0.2, 0.25) is 5.88 Å². The number of hydrogen-bond donors (Lipinski definition) is 1. The Labute approximate surface area is 106 Å².